The minimum Gasteiger partial charge on any atom is -0.492 e. The summed E-state index contributed by atoms with van der Waals surface area (Å²) in [6.07, 6.45) is -0.889. The van der Waals surface area contributed by atoms with Crippen molar-refractivity contribution < 1.29 is 14.6 Å². The van der Waals surface area contributed by atoms with E-state index in [1.165, 1.54) is 4.90 Å². The van der Waals surface area contributed by atoms with Crippen LogP contribution in [0.3, 0.4) is 0 Å². The summed E-state index contributed by atoms with van der Waals surface area (Å²) in [5, 5.41) is 10.8. The molecular weight excluding hydrogens is 314 g/mol. The van der Waals surface area contributed by atoms with Gasteiger partial charge in [0.25, 0.3) is 0 Å². The Labute approximate surface area is 141 Å². The lowest BCUT2D eigenvalue weighted by atomic mass is 10.1. The number of nitrogens with zero attached hydrogens (tertiary/aromatic N) is 1. The minimum absolute atomic E-state index is 0.0153. The molecule has 1 N–H and O–H groups in total. The van der Waals surface area contributed by atoms with Crippen molar-refractivity contribution in [3.8, 4) is 5.75 Å². The first-order valence-electron chi connectivity index (χ1n) is 7.44. The number of aliphatic hydroxyl groups is 1. The highest BCUT2D eigenvalue weighted by atomic mass is 35.5. The molecule has 0 aromatic heterocycles. The van der Waals surface area contributed by atoms with Crippen LogP contribution in [0.25, 0.3) is 0 Å². The summed E-state index contributed by atoms with van der Waals surface area (Å²) in [6, 6.07) is 14.2. The Morgan fingerprint density at radius 2 is 1.87 bits per heavy atom. The van der Waals surface area contributed by atoms with E-state index in [9.17, 15) is 9.90 Å². The molecule has 0 heterocycles. The fraction of sp³-hybridized carbons (Fsp3) is 0.278. The van der Waals surface area contributed by atoms with Crippen molar-refractivity contribution in [3.63, 3.8) is 0 Å². The highest BCUT2D eigenvalue weighted by molar-refractivity contribution is 6.30. The molecule has 23 heavy (non-hydrogen) atoms. The number of hydrogen-bond acceptors (Lipinski definition) is 3. The second-order valence-corrected chi connectivity index (χ2v) is 5.56. The smallest absolute Gasteiger partial charge is 0.229 e. The van der Waals surface area contributed by atoms with Crippen molar-refractivity contribution in [2.45, 2.75) is 19.4 Å². The lowest BCUT2D eigenvalue weighted by Gasteiger charge is -2.22. The molecule has 0 bridgehead atoms. The number of benzene rings is 2. The largest absolute Gasteiger partial charge is 0.492 e. The van der Waals surface area contributed by atoms with Crippen LogP contribution in [0.5, 0.6) is 5.75 Å². The minimum atomic E-state index is -0.874. The molecule has 0 aliphatic carbocycles. The van der Waals surface area contributed by atoms with Crippen LogP contribution in [0, 0.1) is 0 Å². The third-order valence-corrected chi connectivity index (χ3v) is 3.78. The number of halogens is 1. The Morgan fingerprint density at radius 1 is 1.22 bits per heavy atom. The molecule has 2 aromatic rings. The number of amides is 1. The molecule has 2 aromatic carbocycles. The van der Waals surface area contributed by atoms with Crippen LogP contribution in [0.4, 0.5) is 5.69 Å². The monoisotopic (exact) mass is 333 g/mol. The SMILES string of the molecule is CCOc1ccccc1N(C)C(=O)CC(O)c1ccc(Cl)cc1. The van der Waals surface area contributed by atoms with Gasteiger partial charge in [-0.3, -0.25) is 4.79 Å². The van der Waals surface area contributed by atoms with Gasteiger partial charge in [-0.25, -0.2) is 0 Å². The number of rotatable bonds is 6. The van der Waals surface area contributed by atoms with E-state index in [0.717, 1.165) is 0 Å². The van der Waals surface area contributed by atoms with Gasteiger partial charge in [-0.05, 0) is 36.8 Å². The van der Waals surface area contributed by atoms with Crippen LogP contribution in [0.15, 0.2) is 48.5 Å². The maximum absolute atomic E-state index is 12.4. The van der Waals surface area contributed by atoms with Gasteiger partial charge >= 0.3 is 0 Å². The normalized spacial score (nSPS) is 11.8. The molecule has 2 rings (SSSR count). The van der Waals surface area contributed by atoms with Gasteiger partial charge in [0.15, 0.2) is 0 Å². The van der Waals surface area contributed by atoms with Crippen LogP contribution in [-0.4, -0.2) is 24.7 Å². The zero-order valence-corrected chi connectivity index (χ0v) is 14.0. The molecule has 4 nitrogen and oxygen atoms in total. The second kappa shape index (κ2) is 7.99. The van der Waals surface area contributed by atoms with Gasteiger partial charge in [-0.1, -0.05) is 35.9 Å². The van der Waals surface area contributed by atoms with Gasteiger partial charge in [0, 0.05) is 12.1 Å². The summed E-state index contributed by atoms with van der Waals surface area (Å²) in [4.78, 5) is 13.9. The van der Waals surface area contributed by atoms with Crippen LogP contribution >= 0.6 is 11.6 Å². The highest BCUT2D eigenvalue weighted by Crippen LogP contribution is 2.29. The maximum atomic E-state index is 12.4. The number of para-hydroxylation sites is 2. The molecule has 0 saturated heterocycles. The molecule has 1 unspecified atom stereocenters. The Balaban J connectivity index is 2.09. The topological polar surface area (TPSA) is 49.8 Å². The summed E-state index contributed by atoms with van der Waals surface area (Å²) >= 11 is 5.83. The third kappa shape index (κ3) is 4.47. The molecule has 122 valence electrons. The molecule has 0 spiro atoms. The number of carbonyl (C=O) groups excluding carboxylic acids is 1. The fourth-order valence-electron chi connectivity index (χ4n) is 2.25. The number of carbonyl (C=O) groups is 1. The number of aliphatic hydroxyl groups excluding tert-OH is 1. The molecule has 1 atom stereocenters. The average molecular weight is 334 g/mol. The van der Waals surface area contributed by atoms with Gasteiger partial charge in [0.2, 0.25) is 5.91 Å². The van der Waals surface area contributed by atoms with E-state index in [-0.39, 0.29) is 12.3 Å². The first kappa shape index (κ1) is 17.3. The maximum Gasteiger partial charge on any atom is 0.229 e. The summed E-state index contributed by atoms with van der Waals surface area (Å²) in [5.41, 5.74) is 1.34. The molecule has 1 amide bonds. The number of anilines is 1. The van der Waals surface area contributed by atoms with Crippen LogP contribution in [0.1, 0.15) is 25.0 Å². The molecule has 0 fully saturated rings. The Bertz CT molecular complexity index is 658. The van der Waals surface area contributed by atoms with Gasteiger partial charge in [0.05, 0.1) is 24.8 Å². The van der Waals surface area contributed by atoms with E-state index in [1.54, 1.807) is 31.3 Å². The Morgan fingerprint density at radius 3 is 2.52 bits per heavy atom. The lowest BCUT2D eigenvalue weighted by molar-refractivity contribution is -0.120. The summed E-state index contributed by atoms with van der Waals surface area (Å²) in [7, 11) is 1.68. The quantitative estimate of drug-likeness (QED) is 0.874. The molecular formula is C18H20ClNO3. The molecule has 0 saturated carbocycles. The van der Waals surface area contributed by atoms with Crippen LogP contribution < -0.4 is 9.64 Å². The standard InChI is InChI=1S/C18H20ClNO3/c1-3-23-17-7-5-4-6-15(17)20(2)18(22)12-16(21)13-8-10-14(19)11-9-13/h4-11,16,21H,3,12H2,1-2H3. The molecule has 0 radical (unpaired) electrons. The Hall–Kier alpha value is -2.04. The average Bonchev–Trinajstić information content (AvgIpc) is 2.55. The lowest BCUT2D eigenvalue weighted by Crippen LogP contribution is -2.28. The fourth-order valence-corrected chi connectivity index (χ4v) is 2.38. The van der Waals surface area contributed by atoms with E-state index >= 15 is 0 Å². The van der Waals surface area contributed by atoms with Gasteiger partial charge in [-0.2, -0.15) is 0 Å². The van der Waals surface area contributed by atoms with Crippen LogP contribution in [-0.2, 0) is 4.79 Å². The van der Waals surface area contributed by atoms with Crippen molar-refractivity contribution >= 4 is 23.2 Å². The van der Waals surface area contributed by atoms with E-state index < -0.39 is 6.10 Å². The predicted molar refractivity (Wildman–Crippen MR) is 92.0 cm³/mol. The van der Waals surface area contributed by atoms with Gasteiger partial charge in [0.1, 0.15) is 5.75 Å². The van der Waals surface area contributed by atoms with Crippen molar-refractivity contribution in [1.29, 1.82) is 0 Å². The van der Waals surface area contributed by atoms with Crippen molar-refractivity contribution in [3.05, 3.63) is 59.1 Å². The highest BCUT2D eigenvalue weighted by Gasteiger charge is 2.19. The van der Waals surface area contributed by atoms with E-state index in [4.69, 9.17) is 16.3 Å². The predicted octanol–water partition coefficient (Wildman–Crippen LogP) is 3.83. The molecule has 0 aliphatic rings. The van der Waals surface area contributed by atoms with Gasteiger partial charge in [-0.15, -0.1) is 0 Å². The first-order valence-corrected chi connectivity index (χ1v) is 7.82. The number of hydrogen-bond donors (Lipinski definition) is 1. The van der Waals surface area contributed by atoms with Crippen molar-refractivity contribution in [2.75, 3.05) is 18.6 Å². The molecule has 5 heteroatoms. The van der Waals surface area contributed by atoms with E-state index in [0.29, 0.717) is 28.6 Å². The van der Waals surface area contributed by atoms with Crippen molar-refractivity contribution in [1.82, 2.24) is 0 Å². The zero-order valence-electron chi connectivity index (χ0n) is 13.2. The Kier molecular flexibility index (Phi) is 6.02. The zero-order chi connectivity index (χ0) is 16.8. The summed E-state index contributed by atoms with van der Waals surface area (Å²) in [6.45, 7) is 2.41. The van der Waals surface area contributed by atoms with Gasteiger partial charge < -0.3 is 14.7 Å². The summed E-state index contributed by atoms with van der Waals surface area (Å²) in [5.74, 6) is 0.450. The first-order chi connectivity index (χ1) is 11.0. The van der Waals surface area contributed by atoms with E-state index in [1.807, 2.05) is 31.2 Å². The number of ether oxygens (including phenoxy) is 1. The summed E-state index contributed by atoms with van der Waals surface area (Å²) < 4.78 is 5.54. The van der Waals surface area contributed by atoms with Crippen molar-refractivity contribution in [2.24, 2.45) is 0 Å². The second-order valence-electron chi connectivity index (χ2n) is 5.12. The third-order valence-electron chi connectivity index (χ3n) is 3.52. The van der Waals surface area contributed by atoms with E-state index in [2.05, 4.69) is 0 Å². The molecule has 0 aliphatic heterocycles. The van der Waals surface area contributed by atoms with Crippen LogP contribution in [0.2, 0.25) is 5.02 Å².